The Morgan fingerprint density at radius 3 is 2.72 bits per heavy atom. The summed E-state index contributed by atoms with van der Waals surface area (Å²) >= 11 is 0. The molecule has 0 atom stereocenters. The molecule has 3 aromatic rings. The van der Waals surface area contributed by atoms with Crippen molar-refractivity contribution in [1.82, 2.24) is 15.1 Å². The highest BCUT2D eigenvalue weighted by atomic mass is 19.1. The Balaban J connectivity index is 1.55. The molecule has 0 aliphatic heterocycles. The predicted molar refractivity (Wildman–Crippen MR) is 93.7 cm³/mol. The lowest BCUT2D eigenvalue weighted by atomic mass is 10.1. The van der Waals surface area contributed by atoms with Gasteiger partial charge in [0.2, 0.25) is 11.3 Å². The van der Waals surface area contributed by atoms with Gasteiger partial charge in [0, 0.05) is 18.4 Å². The van der Waals surface area contributed by atoms with Gasteiger partial charge in [-0.1, -0.05) is 30.3 Å². The van der Waals surface area contributed by atoms with Crippen LogP contribution in [-0.2, 0) is 17.8 Å². The van der Waals surface area contributed by atoms with Crippen LogP contribution in [0.5, 0.6) is 0 Å². The number of nitrogens with one attached hydrogen (secondary N) is 1. The fourth-order valence-electron chi connectivity index (χ4n) is 2.67. The number of hydrogen-bond donors (Lipinski definition) is 1. The average Bonchev–Trinajstić information content (AvgIpc) is 2.63. The van der Waals surface area contributed by atoms with E-state index in [1.807, 2.05) is 6.07 Å². The third-order valence-corrected chi connectivity index (χ3v) is 3.99. The van der Waals surface area contributed by atoms with Gasteiger partial charge in [-0.2, -0.15) is 5.10 Å². The molecule has 0 bridgehead atoms. The van der Waals surface area contributed by atoms with Crippen molar-refractivity contribution in [1.29, 1.82) is 0 Å². The second-order valence-corrected chi connectivity index (χ2v) is 5.69. The maximum atomic E-state index is 13.5. The van der Waals surface area contributed by atoms with E-state index in [2.05, 4.69) is 10.4 Å². The molecule has 0 saturated carbocycles. The normalized spacial score (nSPS) is 10.8. The summed E-state index contributed by atoms with van der Waals surface area (Å²) in [6, 6.07) is 13.7. The highest BCUT2D eigenvalue weighted by Crippen LogP contribution is 2.08. The number of halogens is 1. The van der Waals surface area contributed by atoms with Gasteiger partial charge in [0.15, 0.2) is 0 Å². The number of aromatic nitrogens is 2. The van der Waals surface area contributed by atoms with Crippen molar-refractivity contribution < 1.29 is 9.18 Å². The lowest BCUT2D eigenvalue weighted by molar-refractivity contribution is -0.121. The van der Waals surface area contributed by atoms with E-state index in [9.17, 15) is 14.0 Å². The fourth-order valence-corrected chi connectivity index (χ4v) is 2.67. The Morgan fingerprint density at radius 1 is 1.12 bits per heavy atom. The summed E-state index contributed by atoms with van der Waals surface area (Å²) in [5.41, 5.74) is 1.14. The molecule has 2 aromatic carbocycles. The van der Waals surface area contributed by atoms with Crippen molar-refractivity contribution in [2.24, 2.45) is 0 Å². The number of carbonyl (C=O) groups is 1. The van der Waals surface area contributed by atoms with Gasteiger partial charge in [-0.05, 0) is 30.2 Å². The van der Waals surface area contributed by atoms with Crippen LogP contribution in [0.4, 0.5) is 4.39 Å². The zero-order valence-corrected chi connectivity index (χ0v) is 13.6. The number of hydrogen-bond acceptors (Lipinski definition) is 3. The van der Waals surface area contributed by atoms with E-state index >= 15 is 0 Å². The van der Waals surface area contributed by atoms with Crippen LogP contribution in [0.3, 0.4) is 0 Å². The quantitative estimate of drug-likeness (QED) is 0.749. The van der Waals surface area contributed by atoms with Crippen LogP contribution in [0.1, 0.15) is 12.0 Å². The van der Waals surface area contributed by atoms with Gasteiger partial charge in [0.1, 0.15) is 5.82 Å². The number of aryl methyl sites for hydroxylation is 1. The highest BCUT2D eigenvalue weighted by Gasteiger charge is 2.07. The minimum Gasteiger partial charge on any atom is -0.356 e. The van der Waals surface area contributed by atoms with Gasteiger partial charge in [0.05, 0.1) is 18.3 Å². The average molecular weight is 339 g/mol. The fraction of sp³-hybridized carbons (Fsp3) is 0.211. The summed E-state index contributed by atoms with van der Waals surface area (Å²) in [6.07, 6.45) is 1.94. The molecule has 25 heavy (non-hydrogen) atoms. The number of nitrogens with zero attached hydrogens (tertiary/aromatic N) is 2. The standard InChI is InChI=1S/C19H18FN3O2/c20-16-7-3-1-5-14(16)9-11-21-19(25)10-12-23-17-8-4-2-6-15(17)18(24)13-22-23/h1-8,13H,9-12H2,(H,21,25). The topological polar surface area (TPSA) is 64.0 Å². The molecule has 0 saturated heterocycles. The molecule has 0 fully saturated rings. The molecule has 3 rings (SSSR count). The Labute approximate surface area is 144 Å². The van der Waals surface area contributed by atoms with Gasteiger partial charge in [-0.25, -0.2) is 4.39 Å². The van der Waals surface area contributed by atoms with Crippen LogP contribution in [0, 0.1) is 5.82 Å². The molecule has 0 radical (unpaired) electrons. The van der Waals surface area contributed by atoms with E-state index in [4.69, 9.17) is 0 Å². The zero-order chi connectivity index (χ0) is 17.6. The van der Waals surface area contributed by atoms with Crippen LogP contribution in [0.2, 0.25) is 0 Å². The molecule has 0 spiro atoms. The van der Waals surface area contributed by atoms with Crippen LogP contribution < -0.4 is 10.7 Å². The number of carbonyl (C=O) groups excluding carboxylic acids is 1. The van der Waals surface area contributed by atoms with Crippen molar-refractivity contribution in [2.75, 3.05) is 6.54 Å². The number of fused-ring (bicyclic) bond motifs is 1. The Morgan fingerprint density at radius 2 is 1.88 bits per heavy atom. The van der Waals surface area contributed by atoms with Gasteiger partial charge >= 0.3 is 0 Å². The molecule has 1 heterocycles. The minimum atomic E-state index is -0.263. The molecule has 128 valence electrons. The lowest BCUT2D eigenvalue weighted by Gasteiger charge is -2.09. The number of rotatable bonds is 6. The van der Waals surface area contributed by atoms with E-state index in [1.165, 1.54) is 12.3 Å². The Kier molecular flexibility index (Phi) is 5.18. The summed E-state index contributed by atoms with van der Waals surface area (Å²) in [6.45, 7) is 0.741. The first-order valence-electron chi connectivity index (χ1n) is 8.10. The number of amides is 1. The van der Waals surface area contributed by atoms with E-state index < -0.39 is 0 Å². The van der Waals surface area contributed by atoms with Crippen molar-refractivity contribution in [3.63, 3.8) is 0 Å². The Bertz CT molecular complexity index is 953. The van der Waals surface area contributed by atoms with Gasteiger partial charge in [-0.15, -0.1) is 0 Å². The first-order chi connectivity index (χ1) is 12.1. The number of para-hydroxylation sites is 1. The third-order valence-electron chi connectivity index (χ3n) is 3.99. The SMILES string of the molecule is O=C(CCn1ncc(=O)c2ccccc21)NCCc1ccccc1F. The molecular weight excluding hydrogens is 321 g/mol. The van der Waals surface area contributed by atoms with Gasteiger partial charge < -0.3 is 5.32 Å². The molecule has 1 N–H and O–H groups in total. The molecule has 0 unspecified atom stereocenters. The van der Waals surface area contributed by atoms with Crippen molar-refractivity contribution in [2.45, 2.75) is 19.4 Å². The molecule has 1 aromatic heterocycles. The monoisotopic (exact) mass is 339 g/mol. The summed E-state index contributed by atoms with van der Waals surface area (Å²) in [5.74, 6) is -0.401. The maximum Gasteiger partial charge on any atom is 0.221 e. The van der Waals surface area contributed by atoms with Crippen LogP contribution >= 0.6 is 0 Å². The van der Waals surface area contributed by atoms with Crippen LogP contribution in [-0.4, -0.2) is 22.2 Å². The van der Waals surface area contributed by atoms with E-state index in [-0.39, 0.29) is 23.6 Å². The first-order valence-corrected chi connectivity index (χ1v) is 8.10. The largest absolute Gasteiger partial charge is 0.356 e. The van der Waals surface area contributed by atoms with Gasteiger partial charge in [-0.3, -0.25) is 14.3 Å². The molecule has 0 aliphatic rings. The van der Waals surface area contributed by atoms with Crippen molar-refractivity contribution in [3.05, 3.63) is 76.3 Å². The first kappa shape index (κ1) is 16.8. The van der Waals surface area contributed by atoms with Gasteiger partial charge in [0.25, 0.3) is 0 Å². The van der Waals surface area contributed by atoms with Crippen molar-refractivity contribution in [3.8, 4) is 0 Å². The second kappa shape index (κ2) is 7.70. The summed E-state index contributed by atoms with van der Waals surface area (Å²) in [7, 11) is 0. The number of benzene rings is 2. The summed E-state index contributed by atoms with van der Waals surface area (Å²) in [5, 5.41) is 7.45. The lowest BCUT2D eigenvalue weighted by Crippen LogP contribution is -2.27. The smallest absolute Gasteiger partial charge is 0.221 e. The maximum absolute atomic E-state index is 13.5. The highest BCUT2D eigenvalue weighted by molar-refractivity contribution is 5.79. The summed E-state index contributed by atoms with van der Waals surface area (Å²) in [4.78, 5) is 23.8. The molecule has 5 nitrogen and oxygen atoms in total. The van der Waals surface area contributed by atoms with Crippen molar-refractivity contribution >= 4 is 16.8 Å². The molecule has 0 aliphatic carbocycles. The summed E-state index contributed by atoms with van der Waals surface area (Å²) < 4.78 is 15.2. The molecular formula is C19H18FN3O2. The zero-order valence-electron chi connectivity index (χ0n) is 13.6. The third kappa shape index (κ3) is 4.09. The minimum absolute atomic E-state index is 0.138. The van der Waals surface area contributed by atoms with E-state index in [0.717, 1.165) is 0 Å². The van der Waals surface area contributed by atoms with Crippen LogP contribution in [0.25, 0.3) is 10.9 Å². The predicted octanol–water partition coefficient (Wildman–Crippen LogP) is 2.28. The Hall–Kier alpha value is -3.02. The second-order valence-electron chi connectivity index (χ2n) is 5.69. The molecule has 1 amide bonds. The molecule has 6 heteroatoms. The van der Waals surface area contributed by atoms with Crippen LogP contribution in [0.15, 0.2) is 59.5 Å². The van der Waals surface area contributed by atoms with E-state index in [0.29, 0.717) is 36.0 Å². The van der Waals surface area contributed by atoms with E-state index in [1.54, 1.807) is 41.1 Å².